The Hall–Kier alpha value is -3.52. The number of aromatic nitrogens is 2. The molecule has 0 saturated heterocycles. The van der Waals surface area contributed by atoms with Crippen molar-refractivity contribution in [1.82, 2.24) is 9.55 Å². The molecule has 0 aliphatic rings. The molecule has 1 N–H and O–H groups in total. The third kappa shape index (κ3) is 3.05. The van der Waals surface area contributed by atoms with Crippen molar-refractivity contribution in [1.29, 1.82) is 0 Å². The minimum atomic E-state index is 0. The lowest BCUT2D eigenvalue weighted by Gasteiger charge is -2.07. The number of para-hydroxylation sites is 3. The van der Waals surface area contributed by atoms with Crippen molar-refractivity contribution in [3.05, 3.63) is 91.0 Å². The number of hydrogen-bond donors (Lipinski definition) is 1. The first kappa shape index (κ1) is 22.8. The second-order valence-corrected chi connectivity index (χ2v) is 6.77. The first-order valence-electron chi connectivity index (χ1n) is 8.89. The SMILES string of the molecule is C.C.C.C.c1ccc(-n2c3ccccc3c3cc4[nH]c5ccccc5c4cc32)cc1. The van der Waals surface area contributed by atoms with Crippen LogP contribution in [0.1, 0.15) is 29.7 Å². The van der Waals surface area contributed by atoms with E-state index in [2.05, 4.69) is 101 Å². The lowest BCUT2D eigenvalue weighted by molar-refractivity contribution is 1.18. The van der Waals surface area contributed by atoms with Crippen molar-refractivity contribution in [3.8, 4) is 5.69 Å². The Kier molecular flexibility index (Phi) is 6.42. The molecule has 0 amide bonds. The maximum atomic E-state index is 3.57. The molecular weight excluding hydrogens is 364 g/mol. The topological polar surface area (TPSA) is 20.7 Å². The van der Waals surface area contributed by atoms with Gasteiger partial charge >= 0.3 is 0 Å². The highest BCUT2D eigenvalue weighted by molar-refractivity contribution is 6.18. The van der Waals surface area contributed by atoms with E-state index in [0.29, 0.717) is 0 Å². The van der Waals surface area contributed by atoms with Gasteiger partial charge in [-0.2, -0.15) is 0 Å². The van der Waals surface area contributed by atoms with Crippen molar-refractivity contribution >= 4 is 43.6 Å². The van der Waals surface area contributed by atoms with Crippen LogP contribution < -0.4 is 0 Å². The Morgan fingerprint density at radius 3 is 1.87 bits per heavy atom. The number of rotatable bonds is 1. The van der Waals surface area contributed by atoms with Crippen LogP contribution in [0.15, 0.2) is 91.0 Å². The molecule has 2 nitrogen and oxygen atoms in total. The number of hydrogen-bond acceptors (Lipinski definition) is 0. The summed E-state index contributed by atoms with van der Waals surface area (Å²) in [6, 6.07) is 32.4. The minimum Gasteiger partial charge on any atom is -0.354 e. The van der Waals surface area contributed by atoms with Crippen LogP contribution in [0.2, 0.25) is 0 Å². The van der Waals surface area contributed by atoms with Gasteiger partial charge in [0, 0.05) is 38.3 Å². The lowest BCUT2D eigenvalue weighted by atomic mass is 10.1. The second-order valence-electron chi connectivity index (χ2n) is 6.77. The number of benzene rings is 4. The number of aromatic amines is 1. The predicted molar refractivity (Wildman–Crippen MR) is 137 cm³/mol. The summed E-state index contributed by atoms with van der Waals surface area (Å²) in [5, 5.41) is 5.11. The molecule has 0 spiro atoms. The second kappa shape index (κ2) is 8.46. The molecule has 0 saturated carbocycles. The molecule has 0 unspecified atom stereocenters. The van der Waals surface area contributed by atoms with Crippen LogP contribution >= 0.6 is 0 Å². The smallest absolute Gasteiger partial charge is 0.0548 e. The highest BCUT2D eigenvalue weighted by Gasteiger charge is 2.14. The minimum absolute atomic E-state index is 0. The monoisotopic (exact) mass is 396 g/mol. The highest BCUT2D eigenvalue weighted by Crippen LogP contribution is 2.36. The van der Waals surface area contributed by atoms with E-state index >= 15 is 0 Å². The maximum Gasteiger partial charge on any atom is 0.0548 e. The fourth-order valence-electron chi connectivity index (χ4n) is 4.17. The van der Waals surface area contributed by atoms with Crippen molar-refractivity contribution < 1.29 is 0 Å². The van der Waals surface area contributed by atoms with Crippen LogP contribution in [0.3, 0.4) is 0 Å². The molecule has 0 bridgehead atoms. The molecule has 0 aliphatic carbocycles. The quantitative estimate of drug-likeness (QED) is 0.286. The number of nitrogens with zero attached hydrogens (tertiary/aromatic N) is 1. The van der Waals surface area contributed by atoms with E-state index in [1.165, 1.54) is 49.3 Å². The van der Waals surface area contributed by atoms with E-state index in [4.69, 9.17) is 0 Å². The summed E-state index contributed by atoms with van der Waals surface area (Å²) < 4.78 is 2.37. The summed E-state index contributed by atoms with van der Waals surface area (Å²) in [4.78, 5) is 3.57. The molecule has 4 aromatic carbocycles. The molecule has 0 fully saturated rings. The standard InChI is InChI=1S/C24H16N2.4CH4/c1-2-8-16(9-3-1)26-23-13-7-5-11-18(23)20-14-22-19(15-24(20)26)17-10-4-6-12-21(17)25-22;;;;/h1-15,25H;4*1H4. The van der Waals surface area contributed by atoms with Crippen LogP contribution in [0.4, 0.5) is 0 Å². The van der Waals surface area contributed by atoms with E-state index in [9.17, 15) is 0 Å². The van der Waals surface area contributed by atoms with E-state index in [1.54, 1.807) is 0 Å². The summed E-state index contributed by atoms with van der Waals surface area (Å²) in [5.41, 5.74) is 6.05. The molecule has 30 heavy (non-hydrogen) atoms. The lowest BCUT2D eigenvalue weighted by Crippen LogP contribution is -1.92. The summed E-state index contributed by atoms with van der Waals surface area (Å²) in [6.07, 6.45) is 0. The van der Waals surface area contributed by atoms with Crippen molar-refractivity contribution in [2.75, 3.05) is 0 Å². The molecule has 0 atom stereocenters. The average molecular weight is 397 g/mol. The maximum absolute atomic E-state index is 3.57. The van der Waals surface area contributed by atoms with Gasteiger partial charge in [-0.25, -0.2) is 0 Å². The van der Waals surface area contributed by atoms with Gasteiger partial charge in [-0.05, 0) is 36.4 Å². The zero-order chi connectivity index (χ0) is 17.1. The van der Waals surface area contributed by atoms with Crippen LogP contribution in [-0.4, -0.2) is 9.55 Å². The van der Waals surface area contributed by atoms with Gasteiger partial charge in [0.25, 0.3) is 0 Å². The third-order valence-electron chi connectivity index (χ3n) is 5.31. The van der Waals surface area contributed by atoms with Crippen molar-refractivity contribution in [2.24, 2.45) is 0 Å². The van der Waals surface area contributed by atoms with Crippen LogP contribution in [0.5, 0.6) is 0 Å². The molecule has 6 rings (SSSR count). The van der Waals surface area contributed by atoms with Crippen molar-refractivity contribution in [3.63, 3.8) is 0 Å². The molecule has 2 heteroatoms. The van der Waals surface area contributed by atoms with Gasteiger partial charge in [0.1, 0.15) is 0 Å². The Morgan fingerprint density at radius 2 is 1.10 bits per heavy atom. The summed E-state index contributed by atoms with van der Waals surface area (Å²) >= 11 is 0. The van der Waals surface area contributed by atoms with Gasteiger partial charge in [-0.3, -0.25) is 0 Å². The fourth-order valence-corrected chi connectivity index (χ4v) is 4.17. The Morgan fingerprint density at radius 1 is 0.467 bits per heavy atom. The van der Waals surface area contributed by atoms with Gasteiger partial charge < -0.3 is 9.55 Å². The number of nitrogens with one attached hydrogen (secondary N) is 1. The van der Waals surface area contributed by atoms with Gasteiger partial charge in [-0.1, -0.05) is 84.3 Å². The van der Waals surface area contributed by atoms with Gasteiger partial charge in [-0.15, -0.1) is 0 Å². The van der Waals surface area contributed by atoms with E-state index in [0.717, 1.165) is 0 Å². The van der Waals surface area contributed by atoms with E-state index in [-0.39, 0.29) is 29.7 Å². The molecule has 154 valence electrons. The largest absolute Gasteiger partial charge is 0.354 e. The molecule has 0 radical (unpaired) electrons. The number of H-pyrrole nitrogens is 1. The van der Waals surface area contributed by atoms with E-state index < -0.39 is 0 Å². The van der Waals surface area contributed by atoms with Crippen LogP contribution in [0.25, 0.3) is 49.3 Å². The molecular formula is C28H32N2. The zero-order valence-electron chi connectivity index (χ0n) is 14.1. The summed E-state index contributed by atoms with van der Waals surface area (Å²) in [7, 11) is 0. The highest BCUT2D eigenvalue weighted by atomic mass is 15.0. The van der Waals surface area contributed by atoms with Crippen molar-refractivity contribution in [2.45, 2.75) is 29.7 Å². The Labute approximate surface area is 179 Å². The molecule has 0 aliphatic heterocycles. The van der Waals surface area contributed by atoms with Gasteiger partial charge in [0.2, 0.25) is 0 Å². The average Bonchev–Trinajstić information content (AvgIpc) is 3.22. The normalized spacial score (nSPS) is 10.3. The fraction of sp³-hybridized carbons (Fsp3) is 0.143. The van der Waals surface area contributed by atoms with E-state index in [1.807, 2.05) is 0 Å². The summed E-state index contributed by atoms with van der Waals surface area (Å²) in [6.45, 7) is 0. The van der Waals surface area contributed by atoms with Crippen LogP contribution in [0, 0.1) is 0 Å². The molecule has 2 aromatic heterocycles. The first-order valence-corrected chi connectivity index (χ1v) is 8.89. The summed E-state index contributed by atoms with van der Waals surface area (Å²) in [5.74, 6) is 0. The Balaban J connectivity index is 0.000000801. The molecule has 6 aromatic rings. The van der Waals surface area contributed by atoms with Gasteiger partial charge in [0.15, 0.2) is 0 Å². The number of fused-ring (bicyclic) bond motifs is 6. The van der Waals surface area contributed by atoms with Gasteiger partial charge in [0.05, 0.1) is 11.0 Å². The molecule has 2 heterocycles. The third-order valence-corrected chi connectivity index (χ3v) is 5.31. The predicted octanol–water partition coefficient (Wildman–Crippen LogP) is 8.96. The van der Waals surface area contributed by atoms with Crippen LogP contribution in [-0.2, 0) is 0 Å². The first-order chi connectivity index (χ1) is 12.9. The zero-order valence-corrected chi connectivity index (χ0v) is 14.1. The Bertz CT molecular complexity index is 1420.